The molecule has 0 unspecified atom stereocenters. The van der Waals surface area contributed by atoms with Crippen LogP contribution in [0.15, 0.2) is 116 Å². The molecule has 0 fully saturated rings. The number of unbranched alkanes of at least 4 members (excludes halogenated alkanes) is 1. The van der Waals surface area contributed by atoms with Crippen molar-refractivity contribution >= 4 is 88.4 Å². The molecule has 21 nitrogen and oxygen atoms in total. The monoisotopic (exact) mass is 1530 g/mol. The number of hydrogen-bond donors (Lipinski definition) is 7. The van der Waals surface area contributed by atoms with Crippen molar-refractivity contribution in [2.24, 2.45) is 0 Å². The van der Waals surface area contributed by atoms with Gasteiger partial charge in [-0.05, 0) is 220 Å². The second kappa shape index (κ2) is 34.0. The van der Waals surface area contributed by atoms with Crippen LogP contribution in [0.5, 0.6) is 0 Å². The van der Waals surface area contributed by atoms with Gasteiger partial charge in [0.25, 0.3) is 11.8 Å². The Morgan fingerprint density at radius 3 is 1.24 bits per heavy atom. The Kier molecular flexibility index (Phi) is 25.4. The number of nitrogens with one attached hydrogen (secondary N) is 7. The fourth-order valence-corrected chi connectivity index (χ4v) is 16.7. The summed E-state index contributed by atoms with van der Waals surface area (Å²) in [7, 11) is -7.43. The lowest BCUT2D eigenvalue weighted by Crippen LogP contribution is -2.32. The van der Waals surface area contributed by atoms with E-state index in [1.54, 1.807) is 42.5 Å². The van der Waals surface area contributed by atoms with E-state index in [1.165, 1.54) is 66.1 Å². The number of amides is 2. The van der Waals surface area contributed by atoms with E-state index in [1.807, 2.05) is 0 Å². The van der Waals surface area contributed by atoms with Crippen LogP contribution in [0.25, 0.3) is 66.1 Å². The summed E-state index contributed by atoms with van der Waals surface area (Å²) < 4.78 is 64.1. The molecule has 110 heavy (non-hydrogen) atoms. The van der Waals surface area contributed by atoms with Gasteiger partial charge < -0.3 is 45.5 Å². The van der Waals surface area contributed by atoms with Crippen LogP contribution in [0.4, 0.5) is 29.2 Å². The number of anilines is 5. The van der Waals surface area contributed by atoms with Gasteiger partial charge in [-0.25, -0.2) is 26.3 Å². The smallest absolute Gasteiger partial charge is 0.255 e. The minimum Gasteiger partial charge on any atom is -0.353 e. The maximum Gasteiger partial charge on any atom is 0.255 e. The molecule has 0 saturated carbocycles. The first-order valence-electron chi connectivity index (χ1n) is 39.5. The van der Waals surface area contributed by atoms with Crippen molar-refractivity contribution in [2.75, 3.05) is 105 Å². The maximum absolute atomic E-state index is 14.2. The maximum atomic E-state index is 14.2. The zero-order chi connectivity index (χ0) is 79.3. The summed E-state index contributed by atoms with van der Waals surface area (Å²) in [4.78, 5) is 60.0. The minimum atomic E-state index is -3.71. The third-order valence-corrected chi connectivity index (χ3v) is 24.3. The molecule has 0 bridgehead atoms. The Bertz CT molecular complexity index is 4710. The highest BCUT2D eigenvalue weighted by Crippen LogP contribution is 2.53. The number of fused-ring (bicyclic) bond motifs is 6. The van der Waals surface area contributed by atoms with Crippen LogP contribution < -0.4 is 36.0 Å². The van der Waals surface area contributed by atoms with Gasteiger partial charge in [0.05, 0.1) is 22.8 Å². The predicted octanol–water partition coefficient (Wildman–Crippen LogP) is 16.3. The van der Waals surface area contributed by atoms with Gasteiger partial charge in [0.1, 0.15) is 0 Å². The van der Waals surface area contributed by atoms with Gasteiger partial charge in [0, 0.05) is 116 Å². The number of Topliss-reactive ketones (excluding diaryl/α,β-unsaturated/α-hetero) is 1. The van der Waals surface area contributed by atoms with Crippen molar-refractivity contribution in [3.8, 4) is 44.5 Å². The highest BCUT2D eigenvalue weighted by atomic mass is 32.2. The molecule has 11 rings (SSSR count). The Labute approximate surface area is 652 Å². The Morgan fingerprint density at radius 1 is 0.427 bits per heavy atom. The highest BCUT2D eigenvalue weighted by molar-refractivity contribution is 7.89. The van der Waals surface area contributed by atoms with E-state index in [0.717, 1.165) is 74.4 Å². The number of nitrogens with zero attached hydrogens (tertiary/aromatic N) is 7. The third-order valence-electron chi connectivity index (χ3n) is 21.3. The summed E-state index contributed by atoms with van der Waals surface area (Å²) in [5.74, 6) is -0.837. The molecule has 2 aliphatic carbocycles. The average molecular weight is 1530 g/mol. The molecule has 2 aliphatic rings. The Balaban J connectivity index is 0.744. The van der Waals surface area contributed by atoms with Crippen molar-refractivity contribution in [1.82, 2.24) is 48.6 Å². The lowest BCUT2D eigenvalue weighted by atomic mass is 9.81. The summed E-state index contributed by atoms with van der Waals surface area (Å²) in [5.41, 5.74) is 16.0. The van der Waals surface area contributed by atoms with Gasteiger partial charge in [0.15, 0.2) is 5.78 Å². The average Bonchev–Trinajstić information content (AvgIpc) is 1.56. The number of hydrogen-bond acceptors (Lipinski definition) is 15. The Morgan fingerprint density at radius 2 is 0.827 bits per heavy atom. The lowest BCUT2D eigenvalue weighted by molar-refractivity contribution is 0.0948. The quantitative estimate of drug-likeness (QED) is 0.0141. The number of benzene rings is 6. The van der Waals surface area contributed by atoms with Crippen LogP contribution in [0.1, 0.15) is 203 Å². The largest absolute Gasteiger partial charge is 0.353 e. The standard InChI is InChI=1S/C87H116N14O7S2/c1-17-98(18-2)38-22-21-26-76(102)58-29-32-66(80(104)88-33-23-39-99(19-3)20-4)75(48-58)94-79(103)57-27-30-65(31-28-57)93-83-96-81(89-34-36-91-109(105,106)42-24-40-100-53-71-67-49-61(84(5,6)7)44-59-45-62(85(8,9)10)50-68(77(59)67)72(71)54-100)95-82(97-83)90-35-37-92-110(107,108)43-25-41-101-55-73-69-51-63(86(11,12)13)46-60-47-64(87(14,15)16)52-70(78(60)69)74(73)56-101/h27-32,44-56,91-92H,17-26,33-43H2,1-16H3,(H,88,104)(H,94,103)(H3,89,90,93,95,96,97). The SMILES string of the molecule is CCN(CC)CCCCC(=O)c1ccc(C(=O)NCCCN(CC)CC)c(NC(=O)c2ccc(Nc3nc(NCCNS(=O)(=O)CCCn4cc5c(c4)-c4cc(C(C)(C)C)cc6cc(C(C)(C)C)cc-5c46)nc(NCCNS(=O)(=O)CCCn4cc5c(c4)-c4cc(C(C)(C)C)cc6cc(C(C)(C)C)cc-5c46)n3)cc2)c1. The van der Waals surface area contributed by atoms with Gasteiger partial charge >= 0.3 is 0 Å². The first-order chi connectivity index (χ1) is 52.0. The van der Waals surface area contributed by atoms with E-state index in [2.05, 4.69) is 254 Å². The molecule has 7 N–H and O–H groups in total. The van der Waals surface area contributed by atoms with Gasteiger partial charge in [-0.2, -0.15) is 15.0 Å². The minimum absolute atomic E-state index is 0.0182. The number of carbonyl (C=O) groups is 3. The van der Waals surface area contributed by atoms with Crippen molar-refractivity contribution in [2.45, 2.75) is 184 Å². The first-order valence-corrected chi connectivity index (χ1v) is 42.8. The number of ketones is 1. The number of sulfonamides is 2. The summed E-state index contributed by atoms with van der Waals surface area (Å²) in [5, 5.41) is 20.4. The topological polar surface area (TPSA) is 259 Å². The molecular weight excluding hydrogens is 1420 g/mol. The number of aromatic nitrogens is 5. The number of carbonyl (C=O) groups excluding carboxylic acids is 3. The molecular formula is C87H116N14O7S2. The molecule has 2 amide bonds. The summed E-state index contributed by atoms with van der Waals surface area (Å²) in [6.07, 6.45) is 12.0. The number of rotatable bonds is 37. The Hall–Kier alpha value is -8.84. The second-order valence-electron chi connectivity index (χ2n) is 33.7. The molecule has 6 aromatic carbocycles. The lowest BCUT2D eigenvalue weighted by Gasteiger charge is -2.23. The first kappa shape index (κ1) is 82.1. The molecule has 0 spiro atoms. The van der Waals surface area contributed by atoms with E-state index in [-0.39, 0.29) is 106 Å². The van der Waals surface area contributed by atoms with Gasteiger partial charge in [0.2, 0.25) is 37.9 Å². The van der Waals surface area contributed by atoms with E-state index in [9.17, 15) is 31.2 Å². The zero-order valence-corrected chi connectivity index (χ0v) is 69.3. The van der Waals surface area contributed by atoms with Gasteiger partial charge in [-0.3, -0.25) is 14.4 Å². The van der Waals surface area contributed by atoms with Gasteiger partial charge in [-0.15, -0.1) is 0 Å². The fourth-order valence-electron chi connectivity index (χ4n) is 14.6. The molecule has 0 aliphatic heterocycles. The molecule has 3 aromatic heterocycles. The van der Waals surface area contributed by atoms with E-state index < -0.39 is 26.0 Å². The van der Waals surface area contributed by atoms with Crippen molar-refractivity contribution < 1.29 is 31.2 Å². The van der Waals surface area contributed by atoms with E-state index >= 15 is 0 Å². The zero-order valence-electron chi connectivity index (χ0n) is 67.6. The van der Waals surface area contributed by atoms with E-state index in [0.29, 0.717) is 56.6 Å². The summed E-state index contributed by atoms with van der Waals surface area (Å²) >= 11 is 0. The van der Waals surface area contributed by atoms with Crippen LogP contribution in [-0.2, 0) is 54.8 Å². The molecule has 0 saturated heterocycles. The predicted molar refractivity (Wildman–Crippen MR) is 452 cm³/mol. The van der Waals surface area contributed by atoms with Crippen molar-refractivity contribution in [1.29, 1.82) is 0 Å². The van der Waals surface area contributed by atoms with Crippen molar-refractivity contribution in [3.05, 3.63) is 155 Å². The highest BCUT2D eigenvalue weighted by Gasteiger charge is 2.32. The molecule has 0 radical (unpaired) electrons. The second-order valence-corrected chi connectivity index (χ2v) is 37.5. The fraction of sp³-hybridized carbons (Fsp3) is 0.471. The van der Waals surface area contributed by atoms with Crippen LogP contribution in [0.3, 0.4) is 0 Å². The molecule has 9 aromatic rings. The molecule has 0 atom stereocenters. The van der Waals surface area contributed by atoms with Crippen LogP contribution in [-0.4, -0.2) is 152 Å². The van der Waals surface area contributed by atoms with Crippen LogP contribution in [0, 0.1) is 0 Å². The van der Waals surface area contributed by atoms with Crippen LogP contribution >= 0.6 is 0 Å². The summed E-state index contributed by atoms with van der Waals surface area (Å²) in [6.45, 7) is 42.4. The third kappa shape index (κ3) is 20.1. The van der Waals surface area contributed by atoms with Gasteiger partial charge in [-0.1, -0.05) is 141 Å². The summed E-state index contributed by atoms with van der Waals surface area (Å²) in [6, 6.07) is 30.0. The molecule has 3 heterocycles. The molecule has 588 valence electrons. The normalized spacial score (nSPS) is 12.9. The van der Waals surface area contributed by atoms with E-state index in [4.69, 9.17) is 0 Å². The number of aryl methyl sites for hydroxylation is 2. The van der Waals surface area contributed by atoms with Crippen LogP contribution in [0.2, 0.25) is 0 Å². The molecule has 23 heteroatoms. The van der Waals surface area contributed by atoms with Crippen molar-refractivity contribution in [3.63, 3.8) is 0 Å².